The van der Waals surface area contributed by atoms with Gasteiger partial charge in [-0.25, -0.2) is 32.1 Å². The number of halogens is 22. The van der Waals surface area contributed by atoms with Crippen LogP contribution in [-0.4, -0.2) is 86.0 Å². The Kier molecular flexibility index (Phi) is 10.7. The van der Waals surface area contributed by atoms with Gasteiger partial charge in [-0.3, -0.25) is 4.74 Å². The van der Waals surface area contributed by atoms with Crippen LogP contribution < -0.4 is 0 Å². The van der Waals surface area contributed by atoms with Crippen LogP contribution in [0.2, 0.25) is 0 Å². The van der Waals surface area contributed by atoms with Crippen molar-refractivity contribution in [1.29, 1.82) is 0 Å². The van der Waals surface area contributed by atoms with Gasteiger partial charge in [-0.05, 0) is 13.8 Å². The molecule has 0 aromatic rings. The summed E-state index contributed by atoms with van der Waals surface area (Å²) in [5, 5.41) is 0. The lowest BCUT2D eigenvalue weighted by Gasteiger charge is -2.37. The average Bonchev–Trinajstić information content (AvgIpc) is 3.09. The molecular weight excluding hydrogens is 722 g/mol. The fourth-order valence-corrected chi connectivity index (χ4v) is 2.43. The van der Waals surface area contributed by atoms with Gasteiger partial charge >= 0.3 is 61.1 Å². The summed E-state index contributed by atoms with van der Waals surface area (Å²) in [4.78, 5) is 0. The number of ether oxygens (including phenoxy) is 7. The summed E-state index contributed by atoms with van der Waals surface area (Å²) in [7, 11) is 0. The van der Waals surface area contributed by atoms with Crippen LogP contribution >= 0.6 is 0 Å². The quantitative estimate of drug-likeness (QED) is 0.163. The molecule has 0 spiro atoms. The Labute approximate surface area is 231 Å². The molecule has 0 aromatic heterocycles. The van der Waals surface area contributed by atoms with Crippen molar-refractivity contribution in [3.8, 4) is 0 Å². The zero-order valence-electron chi connectivity index (χ0n) is 20.5. The summed E-state index contributed by atoms with van der Waals surface area (Å²) in [6.07, 6.45) is -76.7. The van der Waals surface area contributed by atoms with Gasteiger partial charge in [0.15, 0.2) is 5.79 Å². The lowest BCUT2D eigenvalue weighted by Crippen LogP contribution is -2.62. The number of alkyl halides is 22. The van der Waals surface area contributed by atoms with E-state index in [9.17, 15) is 96.6 Å². The van der Waals surface area contributed by atoms with Gasteiger partial charge in [0.2, 0.25) is 0 Å². The van der Waals surface area contributed by atoms with Crippen molar-refractivity contribution < 1.29 is 130 Å². The smallest absolute Gasteiger partial charge is 0.348 e. The lowest BCUT2D eigenvalue weighted by atomic mass is 10.2. The highest BCUT2D eigenvalue weighted by molar-refractivity contribution is 4.90. The molecule has 0 N–H and O–H groups in total. The third-order valence-corrected chi connectivity index (χ3v) is 4.40. The maximum absolute atomic E-state index is 14.5. The molecular formula is C16H10F22O7. The molecule has 1 heterocycles. The predicted molar refractivity (Wildman–Crippen MR) is 85.8 cm³/mol. The monoisotopic (exact) mass is 732 g/mol. The summed E-state index contributed by atoms with van der Waals surface area (Å²) in [6, 6.07) is 0. The molecule has 2 unspecified atom stereocenters. The highest BCUT2D eigenvalue weighted by Gasteiger charge is 2.79. The predicted octanol–water partition coefficient (Wildman–Crippen LogP) is 7.41. The van der Waals surface area contributed by atoms with Gasteiger partial charge in [-0.15, -0.1) is 13.2 Å². The fraction of sp³-hybridized carbons (Fsp3) is 1.00. The Hall–Kier alpha value is -1.82. The van der Waals surface area contributed by atoms with Crippen molar-refractivity contribution in [1.82, 2.24) is 0 Å². The summed E-state index contributed by atoms with van der Waals surface area (Å²) >= 11 is 0. The minimum Gasteiger partial charge on any atom is -0.348 e. The maximum Gasteiger partial charge on any atom is 0.527 e. The van der Waals surface area contributed by atoms with E-state index in [0.29, 0.717) is 0 Å². The third kappa shape index (κ3) is 8.96. The molecule has 1 fully saturated rings. The van der Waals surface area contributed by atoms with Crippen LogP contribution in [0.5, 0.6) is 0 Å². The second-order valence-electron chi connectivity index (χ2n) is 8.41. The van der Waals surface area contributed by atoms with E-state index >= 15 is 0 Å². The van der Waals surface area contributed by atoms with Crippen LogP contribution in [0.1, 0.15) is 13.8 Å². The zero-order valence-corrected chi connectivity index (χ0v) is 20.5. The lowest BCUT2D eigenvalue weighted by molar-refractivity contribution is -0.589. The van der Waals surface area contributed by atoms with Crippen molar-refractivity contribution in [2.45, 2.75) is 93.2 Å². The number of hydrogen-bond donors (Lipinski definition) is 0. The Balaban J connectivity index is 3.28. The van der Waals surface area contributed by atoms with Crippen LogP contribution in [0, 0.1) is 0 Å². The van der Waals surface area contributed by atoms with E-state index in [4.69, 9.17) is 0 Å². The third-order valence-electron chi connectivity index (χ3n) is 4.40. The summed E-state index contributed by atoms with van der Waals surface area (Å²) in [5.41, 5.74) is 0. The molecule has 1 aliphatic rings. The first kappa shape index (κ1) is 41.2. The molecule has 0 aliphatic carbocycles. The van der Waals surface area contributed by atoms with E-state index in [1.54, 1.807) is 0 Å². The van der Waals surface area contributed by atoms with Gasteiger partial charge < -0.3 is 9.47 Å². The molecule has 7 nitrogen and oxygen atoms in total. The molecule has 1 aliphatic heterocycles. The molecule has 1 saturated heterocycles. The van der Waals surface area contributed by atoms with Crippen molar-refractivity contribution in [3.63, 3.8) is 0 Å². The maximum atomic E-state index is 14.5. The van der Waals surface area contributed by atoms with Gasteiger partial charge in [0.05, 0.1) is 6.61 Å². The van der Waals surface area contributed by atoms with Crippen LogP contribution in [0.4, 0.5) is 96.6 Å². The van der Waals surface area contributed by atoms with Gasteiger partial charge in [0.1, 0.15) is 6.10 Å². The second-order valence-corrected chi connectivity index (χ2v) is 8.41. The summed E-state index contributed by atoms with van der Waals surface area (Å²) < 4.78 is 307. The molecule has 1 rings (SSSR count). The molecule has 0 radical (unpaired) electrons. The summed E-state index contributed by atoms with van der Waals surface area (Å²) in [6.45, 7) is 0.0343. The number of hydrogen-bond acceptors (Lipinski definition) is 7. The van der Waals surface area contributed by atoms with Crippen LogP contribution in [-0.2, 0) is 33.2 Å². The number of rotatable bonds is 15. The first-order valence-corrected chi connectivity index (χ1v) is 10.2. The minimum atomic E-state index is -7.95. The molecule has 270 valence electrons. The van der Waals surface area contributed by atoms with Crippen molar-refractivity contribution in [3.05, 3.63) is 0 Å². The first-order chi connectivity index (χ1) is 19.3. The average molecular weight is 732 g/mol. The normalized spacial score (nSPS) is 21.4. The molecule has 0 bridgehead atoms. The molecule has 0 amide bonds. The minimum absolute atomic E-state index is 0.782. The van der Waals surface area contributed by atoms with Crippen molar-refractivity contribution >= 4 is 0 Å². The van der Waals surface area contributed by atoms with Crippen molar-refractivity contribution in [2.75, 3.05) is 6.61 Å². The van der Waals surface area contributed by atoms with Crippen LogP contribution in [0.15, 0.2) is 0 Å². The Morgan fingerprint density at radius 3 is 0.978 bits per heavy atom. The van der Waals surface area contributed by atoms with E-state index in [-0.39, 0.29) is 0 Å². The first-order valence-electron chi connectivity index (χ1n) is 10.2. The van der Waals surface area contributed by atoms with E-state index < -0.39 is 86.0 Å². The molecule has 0 aromatic carbocycles. The van der Waals surface area contributed by atoms with Gasteiger partial charge in [0, 0.05) is 0 Å². The van der Waals surface area contributed by atoms with Crippen molar-refractivity contribution in [2.24, 2.45) is 0 Å². The largest absolute Gasteiger partial charge is 0.527 e. The molecule has 2 atom stereocenters. The van der Waals surface area contributed by atoms with Gasteiger partial charge in [-0.2, -0.15) is 70.2 Å². The SMILES string of the molecule is CC1(C)OCC(C(F)(OC(F)(F)C(F)(F)OC(F)(F)C(F)(F)OC(F)(F)C(F)(F)OC(F)(F)C(F)(F)OC(F)(F)F)C(F)F)O1. The van der Waals surface area contributed by atoms with E-state index in [1.807, 2.05) is 0 Å². The zero-order chi connectivity index (χ0) is 36.3. The van der Waals surface area contributed by atoms with E-state index in [2.05, 4.69) is 14.2 Å². The second kappa shape index (κ2) is 11.7. The fourth-order valence-electron chi connectivity index (χ4n) is 2.43. The molecule has 29 heteroatoms. The standard InChI is InChI=1S/C16H10F22O7/c1-6(2)39-3-4(40-6)7(19,5(17)18)41-8(20,21)9(22,23)42-10(24,25)11(26,27)43-12(28,29)13(30,31)44-14(32,33)15(34,35)45-16(36,37)38/h4-5H,3H2,1-2H3. The Morgan fingerprint density at radius 2 is 0.756 bits per heavy atom. The Bertz CT molecular complexity index is 1030. The van der Waals surface area contributed by atoms with Crippen LogP contribution in [0.25, 0.3) is 0 Å². The van der Waals surface area contributed by atoms with Gasteiger partial charge in [0.25, 0.3) is 6.43 Å². The highest BCUT2D eigenvalue weighted by atomic mass is 19.4. The highest BCUT2D eigenvalue weighted by Crippen LogP contribution is 2.53. The summed E-state index contributed by atoms with van der Waals surface area (Å²) in [5.74, 6) is -7.66. The van der Waals surface area contributed by atoms with E-state index in [1.165, 1.54) is 18.9 Å². The molecule has 0 saturated carbocycles. The van der Waals surface area contributed by atoms with E-state index in [0.717, 1.165) is 13.8 Å². The molecule has 45 heavy (non-hydrogen) atoms. The van der Waals surface area contributed by atoms with Crippen LogP contribution in [0.3, 0.4) is 0 Å². The van der Waals surface area contributed by atoms with Gasteiger partial charge in [-0.1, -0.05) is 0 Å². The topological polar surface area (TPSA) is 64.6 Å². The Morgan fingerprint density at radius 1 is 0.489 bits per heavy atom.